The highest BCUT2D eigenvalue weighted by molar-refractivity contribution is 5.54. The third-order valence-electron chi connectivity index (χ3n) is 4.36. The Kier molecular flexibility index (Phi) is 5.59. The van der Waals surface area contributed by atoms with Crippen molar-refractivity contribution in [1.82, 2.24) is 5.32 Å². The van der Waals surface area contributed by atoms with E-state index in [-0.39, 0.29) is 5.92 Å². The second-order valence-electron chi connectivity index (χ2n) is 5.70. The number of carbonyl (C=O) groups is 1. The molecule has 3 unspecified atom stereocenters. The van der Waals surface area contributed by atoms with Crippen molar-refractivity contribution in [2.45, 2.75) is 32.6 Å². The largest absolute Gasteiger partial charge is 0.316 e. The van der Waals surface area contributed by atoms with Gasteiger partial charge in [-0.3, -0.25) is 0 Å². The van der Waals surface area contributed by atoms with Gasteiger partial charge in [0.2, 0.25) is 0 Å². The van der Waals surface area contributed by atoms with Gasteiger partial charge in [0.15, 0.2) is 0 Å². The molecule has 0 radical (unpaired) electrons. The molecule has 1 heterocycles. The predicted molar refractivity (Wildman–Crippen MR) is 79.1 cm³/mol. The molecule has 1 aliphatic heterocycles. The molecule has 2 heteroatoms. The van der Waals surface area contributed by atoms with Crippen molar-refractivity contribution in [2.75, 3.05) is 13.1 Å². The average Bonchev–Trinajstić information content (AvgIpc) is 2.48. The summed E-state index contributed by atoms with van der Waals surface area (Å²) in [5.41, 5.74) is 1.40. The second-order valence-corrected chi connectivity index (χ2v) is 5.70. The average molecular weight is 259 g/mol. The van der Waals surface area contributed by atoms with Crippen molar-refractivity contribution >= 4 is 6.29 Å². The molecule has 19 heavy (non-hydrogen) atoms. The van der Waals surface area contributed by atoms with Crippen molar-refractivity contribution in [3.8, 4) is 0 Å². The van der Waals surface area contributed by atoms with Gasteiger partial charge in [-0.25, -0.2) is 0 Å². The monoisotopic (exact) mass is 259 g/mol. The van der Waals surface area contributed by atoms with E-state index >= 15 is 0 Å². The van der Waals surface area contributed by atoms with Crippen LogP contribution in [0.3, 0.4) is 0 Å². The maximum atomic E-state index is 11.3. The Morgan fingerprint density at radius 1 is 1.37 bits per heavy atom. The molecule has 1 N–H and O–H groups in total. The summed E-state index contributed by atoms with van der Waals surface area (Å²) in [7, 11) is 0. The van der Waals surface area contributed by atoms with Crippen molar-refractivity contribution in [1.29, 1.82) is 0 Å². The van der Waals surface area contributed by atoms with Gasteiger partial charge in [0.25, 0.3) is 0 Å². The second kappa shape index (κ2) is 7.44. The van der Waals surface area contributed by atoms with Crippen molar-refractivity contribution < 1.29 is 4.79 Å². The lowest BCUT2D eigenvalue weighted by atomic mass is 9.74. The zero-order valence-electron chi connectivity index (χ0n) is 11.8. The standard InChI is InChI=1S/C17H25NO/c1-2-6-15(11-14-7-4-3-5-8-14)17-12-18-10-9-16(17)13-19/h3-5,7-8,13,15-18H,2,6,9-12H2,1H3. The van der Waals surface area contributed by atoms with Gasteiger partial charge < -0.3 is 10.1 Å². The first-order valence-electron chi connectivity index (χ1n) is 7.55. The van der Waals surface area contributed by atoms with E-state index in [1.54, 1.807) is 0 Å². The molecule has 0 aromatic heterocycles. The molecule has 1 fully saturated rings. The van der Waals surface area contributed by atoms with Gasteiger partial charge in [0.1, 0.15) is 6.29 Å². The maximum absolute atomic E-state index is 11.3. The first-order chi connectivity index (χ1) is 9.35. The van der Waals surface area contributed by atoms with Crippen LogP contribution in [0.5, 0.6) is 0 Å². The molecular weight excluding hydrogens is 234 g/mol. The van der Waals surface area contributed by atoms with Gasteiger partial charge in [-0.2, -0.15) is 0 Å². The normalized spacial score (nSPS) is 24.9. The molecule has 2 rings (SSSR count). The fourth-order valence-electron chi connectivity index (χ4n) is 3.34. The lowest BCUT2D eigenvalue weighted by molar-refractivity contribution is -0.114. The molecule has 3 atom stereocenters. The number of aldehydes is 1. The summed E-state index contributed by atoms with van der Waals surface area (Å²) in [6, 6.07) is 10.7. The van der Waals surface area contributed by atoms with Crippen molar-refractivity contribution in [3.05, 3.63) is 35.9 Å². The fourth-order valence-corrected chi connectivity index (χ4v) is 3.34. The van der Waals surface area contributed by atoms with Crippen molar-refractivity contribution in [2.24, 2.45) is 17.8 Å². The molecule has 0 amide bonds. The Morgan fingerprint density at radius 2 is 2.16 bits per heavy atom. The summed E-state index contributed by atoms with van der Waals surface area (Å²) < 4.78 is 0. The highest BCUT2D eigenvalue weighted by atomic mass is 16.1. The Bertz CT molecular complexity index is 376. The Hall–Kier alpha value is -1.15. The van der Waals surface area contributed by atoms with E-state index in [4.69, 9.17) is 0 Å². The van der Waals surface area contributed by atoms with Crippen LogP contribution in [-0.2, 0) is 11.2 Å². The first-order valence-corrected chi connectivity index (χ1v) is 7.55. The Morgan fingerprint density at radius 3 is 2.84 bits per heavy atom. The lowest BCUT2D eigenvalue weighted by Gasteiger charge is -2.35. The highest BCUT2D eigenvalue weighted by Gasteiger charge is 2.31. The van der Waals surface area contributed by atoms with Crippen LogP contribution in [0.1, 0.15) is 31.7 Å². The van der Waals surface area contributed by atoms with Crippen LogP contribution >= 0.6 is 0 Å². The SMILES string of the molecule is CCCC(Cc1ccccc1)C1CNCCC1C=O. The van der Waals surface area contributed by atoms with E-state index < -0.39 is 0 Å². The molecular formula is C17H25NO. The molecule has 1 aromatic carbocycles. The van der Waals surface area contributed by atoms with Crippen LogP contribution in [0.4, 0.5) is 0 Å². The minimum Gasteiger partial charge on any atom is -0.316 e. The molecule has 104 valence electrons. The quantitative estimate of drug-likeness (QED) is 0.796. The van der Waals surface area contributed by atoms with Crippen molar-refractivity contribution in [3.63, 3.8) is 0 Å². The minimum absolute atomic E-state index is 0.251. The van der Waals surface area contributed by atoms with Gasteiger partial charge in [0.05, 0.1) is 0 Å². The number of hydrogen-bond donors (Lipinski definition) is 1. The smallest absolute Gasteiger partial charge is 0.123 e. The number of carbonyl (C=O) groups excluding carboxylic acids is 1. The van der Waals surface area contributed by atoms with E-state index in [1.807, 2.05) is 0 Å². The molecule has 1 aliphatic rings. The molecule has 0 spiro atoms. The van der Waals surface area contributed by atoms with E-state index in [0.29, 0.717) is 11.8 Å². The van der Waals surface area contributed by atoms with Gasteiger partial charge in [-0.1, -0.05) is 50.1 Å². The van der Waals surface area contributed by atoms with Crippen LogP contribution in [0, 0.1) is 17.8 Å². The number of piperidine rings is 1. The number of nitrogens with one attached hydrogen (secondary N) is 1. The zero-order valence-corrected chi connectivity index (χ0v) is 11.8. The van der Waals surface area contributed by atoms with Crippen LogP contribution in [0.25, 0.3) is 0 Å². The molecule has 0 saturated carbocycles. The minimum atomic E-state index is 0.251. The summed E-state index contributed by atoms with van der Waals surface area (Å²) in [6.07, 6.45) is 5.71. The lowest BCUT2D eigenvalue weighted by Crippen LogP contribution is -2.41. The van der Waals surface area contributed by atoms with Crippen LogP contribution in [-0.4, -0.2) is 19.4 Å². The third-order valence-corrected chi connectivity index (χ3v) is 4.36. The summed E-state index contributed by atoms with van der Waals surface area (Å²) in [4.78, 5) is 11.3. The van der Waals surface area contributed by atoms with E-state index in [9.17, 15) is 4.79 Å². The Labute approximate surface area is 116 Å². The van der Waals surface area contributed by atoms with Gasteiger partial charge in [-0.05, 0) is 43.3 Å². The summed E-state index contributed by atoms with van der Waals surface area (Å²) in [5, 5.41) is 3.46. The number of hydrogen-bond acceptors (Lipinski definition) is 2. The molecule has 1 aromatic rings. The summed E-state index contributed by atoms with van der Waals surface area (Å²) in [5.74, 6) is 1.38. The van der Waals surface area contributed by atoms with Gasteiger partial charge in [-0.15, -0.1) is 0 Å². The number of rotatable bonds is 6. The topological polar surface area (TPSA) is 29.1 Å². The van der Waals surface area contributed by atoms with Crippen LogP contribution in [0.2, 0.25) is 0 Å². The third kappa shape index (κ3) is 3.90. The van der Waals surface area contributed by atoms with Crippen LogP contribution < -0.4 is 5.32 Å². The Balaban J connectivity index is 2.07. The predicted octanol–water partition coefficient (Wildman–Crippen LogP) is 3.07. The summed E-state index contributed by atoms with van der Waals surface area (Å²) in [6.45, 7) is 4.23. The van der Waals surface area contributed by atoms with E-state index in [2.05, 4.69) is 42.6 Å². The zero-order chi connectivity index (χ0) is 13.5. The van der Waals surface area contributed by atoms with Crippen LogP contribution in [0.15, 0.2) is 30.3 Å². The molecule has 0 bridgehead atoms. The summed E-state index contributed by atoms with van der Waals surface area (Å²) >= 11 is 0. The molecule has 0 aliphatic carbocycles. The highest BCUT2D eigenvalue weighted by Crippen LogP contribution is 2.30. The fraction of sp³-hybridized carbons (Fsp3) is 0.588. The van der Waals surface area contributed by atoms with E-state index in [1.165, 1.54) is 24.7 Å². The van der Waals surface area contributed by atoms with Gasteiger partial charge in [0, 0.05) is 5.92 Å². The molecule has 1 saturated heterocycles. The van der Waals surface area contributed by atoms with Gasteiger partial charge >= 0.3 is 0 Å². The molecule has 2 nitrogen and oxygen atoms in total. The maximum Gasteiger partial charge on any atom is 0.123 e. The first kappa shape index (κ1) is 14.3. The van der Waals surface area contributed by atoms with E-state index in [0.717, 1.165) is 25.9 Å². The number of benzene rings is 1.